The molecule has 0 radical (unpaired) electrons. The highest BCUT2D eigenvalue weighted by atomic mass is 79.9. The van der Waals surface area contributed by atoms with Gasteiger partial charge < -0.3 is 9.84 Å². The molecule has 1 atom stereocenters. The summed E-state index contributed by atoms with van der Waals surface area (Å²) in [6.45, 7) is 0. The van der Waals surface area contributed by atoms with Crippen LogP contribution < -0.4 is 9.64 Å². The number of Topliss-reactive ketones (excluding diaryl/α,β-unsaturated/α-hetero) is 1. The molecule has 6 nitrogen and oxygen atoms in total. The van der Waals surface area contributed by atoms with Crippen molar-refractivity contribution in [1.82, 2.24) is 4.98 Å². The second-order valence-corrected chi connectivity index (χ2v) is 9.48. The van der Waals surface area contributed by atoms with Gasteiger partial charge in [0, 0.05) is 10.0 Å². The largest absolute Gasteiger partial charge is 0.507 e. The molecule has 0 bridgehead atoms. The van der Waals surface area contributed by atoms with Gasteiger partial charge in [-0.3, -0.25) is 14.5 Å². The van der Waals surface area contributed by atoms with E-state index < -0.39 is 23.5 Å². The number of carbonyl (C=O) groups excluding carboxylic acids is 2. The number of hydrogen-bond acceptors (Lipinski definition) is 6. The Kier molecular flexibility index (Phi) is 5.66. The quantitative estimate of drug-likeness (QED) is 0.201. The van der Waals surface area contributed by atoms with E-state index in [-0.39, 0.29) is 16.9 Å². The summed E-state index contributed by atoms with van der Waals surface area (Å²) < 4.78 is 20.3. The highest BCUT2D eigenvalue weighted by molar-refractivity contribution is 9.10. The van der Waals surface area contributed by atoms with E-state index in [0.717, 1.165) is 9.17 Å². The van der Waals surface area contributed by atoms with Crippen LogP contribution in [0.3, 0.4) is 0 Å². The van der Waals surface area contributed by atoms with Gasteiger partial charge in [-0.2, -0.15) is 0 Å². The van der Waals surface area contributed by atoms with Gasteiger partial charge in [0.05, 0.1) is 28.9 Å². The first-order chi connectivity index (χ1) is 16.4. The lowest BCUT2D eigenvalue weighted by atomic mass is 9.95. The minimum Gasteiger partial charge on any atom is -0.507 e. The molecule has 1 fully saturated rings. The van der Waals surface area contributed by atoms with Gasteiger partial charge >= 0.3 is 5.91 Å². The second-order valence-electron chi connectivity index (χ2n) is 7.56. The third kappa shape index (κ3) is 3.76. The number of amides is 1. The van der Waals surface area contributed by atoms with Crippen LogP contribution in [0.4, 0.5) is 9.52 Å². The van der Waals surface area contributed by atoms with Gasteiger partial charge in [0.1, 0.15) is 17.3 Å². The van der Waals surface area contributed by atoms with Gasteiger partial charge in [0.15, 0.2) is 5.13 Å². The zero-order valence-corrected chi connectivity index (χ0v) is 20.1. The summed E-state index contributed by atoms with van der Waals surface area (Å²) >= 11 is 4.64. The molecule has 5 rings (SSSR count). The Morgan fingerprint density at radius 2 is 1.79 bits per heavy atom. The van der Waals surface area contributed by atoms with E-state index in [4.69, 9.17) is 4.74 Å². The summed E-state index contributed by atoms with van der Waals surface area (Å²) in [5.41, 5.74) is 1.41. The molecule has 0 aliphatic carbocycles. The van der Waals surface area contributed by atoms with Crippen LogP contribution in [0.25, 0.3) is 16.0 Å². The number of aliphatic hydroxyl groups excluding tert-OH is 1. The summed E-state index contributed by atoms with van der Waals surface area (Å²) in [7, 11) is 1.56. The average molecular weight is 539 g/mol. The molecular weight excluding hydrogens is 523 g/mol. The third-order valence-electron chi connectivity index (χ3n) is 5.54. The van der Waals surface area contributed by atoms with E-state index in [2.05, 4.69) is 20.9 Å². The van der Waals surface area contributed by atoms with Crippen molar-refractivity contribution in [1.29, 1.82) is 0 Å². The molecule has 1 aliphatic heterocycles. The molecule has 9 heteroatoms. The molecule has 4 aromatic rings. The standard InChI is InChI=1S/C25H16BrFN2O4S/c1-33-17-10-11-18-19(12-17)34-25(28-18)29-21(13-2-6-15(26)7-3-13)20(23(31)24(29)32)22(30)14-4-8-16(27)9-5-14/h2-12,21,30H,1H3/t21-/m1/s1. The number of benzene rings is 3. The van der Waals surface area contributed by atoms with Gasteiger partial charge in [0.2, 0.25) is 0 Å². The highest BCUT2D eigenvalue weighted by Crippen LogP contribution is 2.44. The minimum atomic E-state index is -0.916. The molecule has 34 heavy (non-hydrogen) atoms. The molecule has 1 aromatic heterocycles. The van der Waals surface area contributed by atoms with E-state index in [1.165, 1.54) is 40.5 Å². The van der Waals surface area contributed by atoms with Gasteiger partial charge in [-0.1, -0.05) is 39.4 Å². The lowest BCUT2D eigenvalue weighted by molar-refractivity contribution is -0.132. The number of thiazole rings is 1. The van der Waals surface area contributed by atoms with E-state index >= 15 is 0 Å². The van der Waals surface area contributed by atoms with Gasteiger partial charge in [0.25, 0.3) is 5.78 Å². The number of hydrogen-bond donors (Lipinski definition) is 1. The Morgan fingerprint density at radius 3 is 2.47 bits per heavy atom. The predicted octanol–water partition coefficient (Wildman–Crippen LogP) is 5.83. The number of halogens is 2. The van der Waals surface area contributed by atoms with Gasteiger partial charge in [-0.05, 0) is 60.2 Å². The normalized spacial score (nSPS) is 17.5. The van der Waals surface area contributed by atoms with E-state index in [1.807, 2.05) is 0 Å². The monoisotopic (exact) mass is 538 g/mol. The minimum absolute atomic E-state index is 0.0873. The Labute approximate surface area is 206 Å². The summed E-state index contributed by atoms with van der Waals surface area (Å²) in [6.07, 6.45) is 0. The Balaban J connectivity index is 1.71. The molecule has 1 amide bonds. The molecule has 0 saturated carbocycles. The Bertz CT molecular complexity index is 1460. The van der Waals surface area contributed by atoms with Crippen LogP contribution in [0.1, 0.15) is 17.2 Å². The first kappa shape index (κ1) is 22.2. The number of carbonyl (C=O) groups is 2. The number of methoxy groups -OCH3 is 1. The smallest absolute Gasteiger partial charge is 0.301 e. The van der Waals surface area contributed by atoms with Crippen molar-refractivity contribution in [3.05, 3.63) is 93.7 Å². The number of rotatable bonds is 4. The van der Waals surface area contributed by atoms with Gasteiger partial charge in [-0.25, -0.2) is 9.37 Å². The van der Waals surface area contributed by atoms with Crippen molar-refractivity contribution in [3.8, 4) is 5.75 Å². The number of ether oxygens (including phenoxy) is 1. The Hall–Kier alpha value is -3.56. The maximum atomic E-state index is 13.4. The fourth-order valence-electron chi connectivity index (χ4n) is 3.88. The summed E-state index contributed by atoms with van der Waals surface area (Å²) in [5, 5.41) is 11.4. The highest BCUT2D eigenvalue weighted by Gasteiger charge is 2.48. The molecule has 1 aliphatic rings. The zero-order chi connectivity index (χ0) is 24.0. The van der Waals surface area contributed by atoms with Crippen molar-refractivity contribution in [3.63, 3.8) is 0 Å². The number of ketones is 1. The van der Waals surface area contributed by atoms with E-state index in [0.29, 0.717) is 22.0 Å². The van der Waals surface area contributed by atoms with E-state index in [1.54, 1.807) is 49.6 Å². The lowest BCUT2D eigenvalue weighted by Gasteiger charge is -2.23. The molecule has 1 N–H and O–H groups in total. The van der Waals surface area contributed by atoms with Crippen LogP contribution in [0.15, 0.2) is 76.8 Å². The van der Waals surface area contributed by atoms with E-state index in [9.17, 15) is 19.1 Å². The molecule has 1 saturated heterocycles. The fraction of sp³-hybridized carbons (Fsp3) is 0.0800. The van der Waals surface area contributed by atoms with Crippen molar-refractivity contribution in [2.24, 2.45) is 0 Å². The molecule has 170 valence electrons. The van der Waals surface area contributed by atoms with Crippen LogP contribution in [0.2, 0.25) is 0 Å². The number of aromatic nitrogens is 1. The number of nitrogens with zero attached hydrogens (tertiary/aromatic N) is 2. The maximum absolute atomic E-state index is 13.4. The predicted molar refractivity (Wildman–Crippen MR) is 131 cm³/mol. The molecule has 3 aromatic carbocycles. The molecular formula is C25H16BrFN2O4S. The van der Waals surface area contributed by atoms with Crippen LogP contribution in [0.5, 0.6) is 5.75 Å². The summed E-state index contributed by atoms with van der Waals surface area (Å²) in [5.74, 6) is -1.86. The molecule has 0 spiro atoms. The molecule has 2 heterocycles. The first-order valence-corrected chi connectivity index (χ1v) is 11.8. The van der Waals surface area contributed by atoms with Crippen molar-refractivity contribution >= 4 is 60.1 Å². The molecule has 0 unspecified atom stereocenters. The van der Waals surface area contributed by atoms with Crippen molar-refractivity contribution in [2.75, 3.05) is 12.0 Å². The topological polar surface area (TPSA) is 79.7 Å². The maximum Gasteiger partial charge on any atom is 0.301 e. The average Bonchev–Trinajstić information content (AvgIpc) is 3.37. The third-order valence-corrected chi connectivity index (χ3v) is 7.08. The van der Waals surface area contributed by atoms with Crippen LogP contribution in [0, 0.1) is 5.82 Å². The van der Waals surface area contributed by atoms with Gasteiger partial charge in [-0.15, -0.1) is 0 Å². The summed E-state index contributed by atoms with van der Waals surface area (Å²) in [6, 6.07) is 16.6. The number of anilines is 1. The van der Waals surface area contributed by atoms with Crippen molar-refractivity contribution in [2.45, 2.75) is 6.04 Å². The second kappa shape index (κ2) is 8.66. The SMILES string of the molecule is COc1ccc2nc(N3C(=O)C(=O)C(=C(O)c4ccc(F)cc4)[C@H]3c3ccc(Br)cc3)sc2c1. The number of fused-ring (bicyclic) bond motifs is 1. The fourth-order valence-corrected chi connectivity index (χ4v) is 5.16. The zero-order valence-electron chi connectivity index (χ0n) is 17.7. The van der Waals surface area contributed by atoms with Crippen LogP contribution in [-0.2, 0) is 9.59 Å². The van der Waals surface area contributed by atoms with Crippen LogP contribution in [-0.4, -0.2) is 28.9 Å². The van der Waals surface area contributed by atoms with Crippen LogP contribution >= 0.6 is 27.3 Å². The Morgan fingerprint density at radius 1 is 1.09 bits per heavy atom. The first-order valence-electron chi connectivity index (χ1n) is 10.1. The lowest BCUT2D eigenvalue weighted by Crippen LogP contribution is -2.29. The van der Waals surface area contributed by atoms with Crippen molar-refractivity contribution < 1.29 is 23.8 Å². The summed E-state index contributed by atoms with van der Waals surface area (Å²) in [4.78, 5) is 32.3. The number of aliphatic hydroxyl groups is 1.